The molecule has 0 aliphatic rings. The standard InChI is InChI=1S/C13H14FN3O/c1-9-6-13(16-7-10(9)8-17-15)18-12-5-3-2-4-11(12)14/h2-7,17H,8,15H2,1H3. The minimum absolute atomic E-state index is 0.161. The Balaban J connectivity index is 2.20. The average molecular weight is 247 g/mol. The van der Waals surface area contributed by atoms with Gasteiger partial charge >= 0.3 is 0 Å². The number of nitrogens with zero attached hydrogens (tertiary/aromatic N) is 1. The molecule has 18 heavy (non-hydrogen) atoms. The van der Waals surface area contributed by atoms with Crippen molar-refractivity contribution in [2.24, 2.45) is 5.84 Å². The smallest absolute Gasteiger partial charge is 0.219 e. The number of hydrogen-bond acceptors (Lipinski definition) is 4. The molecule has 0 amide bonds. The van der Waals surface area contributed by atoms with Crippen molar-refractivity contribution in [2.45, 2.75) is 13.5 Å². The van der Waals surface area contributed by atoms with Gasteiger partial charge in [-0.1, -0.05) is 12.1 Å². The maximum absolute atomic E-state index is 13.4. The molecule has 0 bridgehead atoms. The van der Waals surface area contributed by atoms with Crippen LogP contribution in [0.3, 0.4) is 0 Å². The van der Waals surface area contributed by atoms with E-state index in [1.807, 2.05) is 6.92 Å². The summed E-state index contributed by atoms with van der Waals surface area (Å²) in [5.74, 6) is 5.36. The molecule has 0 atom stereocenters. The summed E-state index contributed by atoms with van der Waals surface area (Å²) in [6.07, 6.45) is 1.66. The molecule has 2 rings (SSSR count). The lowest BCUT2D eigenvalue weighted by Crippen LogP contribution is -2.21. The first-order chi connectivity index (χ1) is 8.70. The maximum Gasteiger partial charge on any atom is 0.219 e. The number of ether oxygens (including phenoxy) is 1. The Kier molecular flexibility index (Phi) is 3.86. The zero-order valence-corrected chi connectivity index (χ0v) is 9.98. The highest BCUT2D eigenvalue weighted by molar-refractivity contribution is 5.32. The van der Waals surface area contributed by atoms with E-state index in [1.165, 1.54) is 6.07 Å². The van der Waals surface area contributed by atoms with E-state index in [2.05, 4.69) is 10.4 Å². The summed E-state index contributed by atoms with van der Waals surface area (Å²) in [5.41, 5.74) is 4.51. The Morgan fingerprint density at radius 2 is 2.17 bits per heavy atom. The second kappa shape index (κ2) is 5.57. The lowest BCUT2D eigenvalue weighted by Gasteiger charge is -2.09. The van der Waals surface area contributed by atoms with Crippen LogP contribution in [0.25, 0.3) is 0 Å². The number of para-hydroxylation sites is 1. The van der Waals surface area contributed by atoms with Crippen LogP contribution in [0.2, 0.25) is 0 Å². The van der Waals surface area contributed by atoms with Crippen LogP contribution in [0.15, 0.2) is 36.5 Å². The predicted molar refractivity (Wildman–Crippen MR) is 66.5 cm³/mol. The number of halogens is 1. The van der Waals surface area contributed by atoms with Crippen molar-refractivity contribution in [3.05, 3.63) is 53.5 Å². The summed E-state index contributed by atoms with van der Waals surface area (Å²) in [6.45, 7) is 2.45. The van der Waals surface area contributed by atoms with E-state index >= 15 is 0 Å². The molecule has 0 aliphatic heterocycles. The van der Waals surface area contributed by atoms with Crippen molar-refractivity contribution >= 4 is 0 Å². The summed E-state index contributed by atoms with van der Waals surface area (Å²) in [5, 5.41) is 0. The quantitative estimate of drug-likeness (QED) is 0.642. The van der Waals surface area contributed by atoms with Crippen LogP contribution >= 0.6 is 0 Å². The number of benzene rings is 1. The molecule has 5 heteroatoms. The largest absolute Gasteiger partial charge is 0.436 e. The molecule has 2 aromatic rings. The van der Waals surface area contributed by atoms with Gasteiger partial charge in [0.1, 0.15) is 0 Å². The Morgan fingerprint density at radius 3 is 2.83 bits per heavy atom. The Hall–Kier alpha value is -1.98. The highest BCUT2D eigenvalue weighted by Crippen LogP contribution is 2.23. The minimum atomic E-state index is -0.412. The number of pyridine rings is 1. The maximum atomic E-state index is 13.4. The third-order valence-electron chi connectivity index (χ3n) is 2.54. The molecule has 0 saturated carbocycles. The number of aryl methyl sites for hydroxylation is 1. The molecule has 3 N–H and O–H groups in total. The van der Waals surface area contributed by atoms with E-state index in [4.69, 9.17) is 10.6 Å². The third kappa shape index (κ3) is 2.82. The number of nitrogens with two attached hydrogens (primary N) is 1. The molecule has 0 radical (unpaired) electrons. The van der Waals surface area contributed by atoms with Crippen LogP contribution in [0, 0.1) is 12.7 Å². The number of nitrogens with one attached hydrogen (secondary N) is 1. The van der Waals surface area contributed by atoms with Gasteiger partial charge in [-0.15, -0.1) is 0 Å². The number of rotatable bonds is 4. The van der Waals surface area contributed by atoms with Gasteiger partial charge in [0, 0.05) is 18.8 Å². The first-order valence-corrected chi connectivity index (χ1v) is 5.52. The summed E-state index contributed by atoms with van der Waals surface area (Å²) < 4.78 is 18.8. The van der Waals surface area contributed by atoms with Crippen molar-refractivity contribution in [1.82, 2.24) is 10.4 Å². The molecule has 0 aliphatic carbocycles. The fourth-order valence-corrected chi connectivity index (χ4v) is 1.55. The molecule has 0 saturated heterocycles. The van der Waals surface area contributed by atoms with Crippen LogP contribution in [0.4, 0.5) is 4.39 Å². The zero-order valence-electron chi connectivity index (χ0n) is 9.98. The van der Waals surface area contributed by atoms with Gasteiger partial charge in [-0.3, -0.25) is 11.3 Å². The van der Waals surface area contributed by atoms with Crippen molar-refractivity contribution < 1.29 is 9.13 Å². The van der Waals surface area contributed by atoms with Crippen LogP contribution in [-0.2, 0) is 6.54 Å². The summed E-state index contributed by atoms with van der Waals surface area (Å²) >= 11 is 0. The first kappa shape index (κ1) is 12.5. The van der Waals surface area contributed by atoms with Crippen LogP contribution in [0.1, 0.15) is 11.1 Å². The Bertz CT molecular complexity index is 546. The molecule has 1 aromatic heterocycles. The van der Waals surface area contributed by atoms with Crippen molar-refractivity contribution in [3.63, 3.8) is 0 Å². The van der Waals surface area contributed by atoms with Gasteiger partial charge in [-0.2, -0.15) is 0 Å². The molecular weight excluding hydrogens is 233 g/mol. The Morgan fingerprint density at radius 1 is 1.39 bits per heavy atom. The predicted octanol–water partition coefficient (Wildman–Crippen LogP) is 2.28. The fourth-order valence-electron chi connectivity index (χ4n) is 1.55. The van der Waals surface area contributed by atoms with Gasteiger partial charge in [-0.05, 0) is 30.2 Å². The van der Waals surface area contributed by atoms with E-state index in [9.17, 15) is 4.39 Å². The Labute approximate surface area is 105 Å². The first-order valence-electron chi connectivity index (χ1n) is 5.52. The number of hydrogen-bond donors (Lipinski definition) is 2. The molecular formula is C13H14FN3O. The topological polar surface area (TPSA) is 60.2 Å². The van der Waals surface area contributed by atoms with Gasteiger partial charge in [0.15, 0.2) is 11.6 Å². The van der Waals surface area contributed by atoms with Crippen molar-refractivity contribution in [1.29, 1.82) is 0 Å². The van der Waals surface area contributed by atoms with Gasteiger partial charge in [-0.25, -0.2) is 9.37 Å². The molecule has 0 spiro atoms. The number of aromatic nitrogens is 1. The fraction of sp³-hybridized carbons (Fsp3) is 0.154. The van der Waals surface area contributed by atoms with Crippen LogP contribution in [0.5, 0.6) is 11.6 Å². The number of hydrazine groups is 1. The molecule has 94 valence electrons. The summed E-state index contributed by atoms with van der Waals surface area (Å²) in [4.78, 5) is 4.11. The second-order valence-corrected chi connectivity index (χ2v) is 3.86. The molecule has 0 unspecified atom stereocenters. The highest BCUT2D eigenvalue weighted by atomic mass is 19.1. The van der Waals surface area contributed by atoms with Crippen molar-refractivity contribution in [3.8, 4) is 11.6 Å². The average Bonchev–Trinajstić information content (AvgIpc) is 2.36. The van der Waals surface area contributed by atoms with E-state index in [0.717, 1.165) is 11.1 Å². The van der Waals surface area contributed by atoms with E-state index in [-0.39, 0.29) is 5.75 Å². The highest BCUT2D eigenvalue weighted by Gasteiger charge is 2.06. The summed E-state index contributed by atoms with van der Waals surface area (Å²) in [7, 11) is 0. The van der Waals surface area contributed by atoms with E-state index in [0.29, 0.717) is 12.4 Å². The zero-order chi connectivity index (χ0) is 13.0. The molecule has 1 heterocycles. The van der Waals surface area contributed by atoms with E-state index < -0.39 is 5.82 Å². The monoisotopic (exact) mass is 247 g/mol. The lowest BCUT2D eigenvalue weighted by atomic mass is 10.1. The minimum Gasteiger partial charge on any atom is -0.436 e. The third-order valence-corrected chi connectivity index (χ3v) is 2.54. The molecule has 4 nitrogen and oxygen atoms in total. The molecule has 0 fully saturated rings. The second-order valence-electron chi connectivity index (χ2n) is 3.86. The summed E-state index contributed by atoms with van der Waals surface area (Å²) in [6, 6.07) is 7.96. The van der Waals surface area contributed by atoms with Gasteiger partial charge in [0.2, 0.25) is 5.88 Å². The SMILES string of the molecule is Cc1cc(Oc2ccccc2F)ncc1CNN. The van der Waals surface area contributed by atoms with Crippen LogP contribution < -0.4 is 16.0 Å². The van der Waals surface area contributed by atoms with Gasteiger partial charge in [0.25, 0.3) is 0 Å². The van der Waals surface area contributed by atoms with E-state index in [1.54, 1.807) is 30.5 Å². The molecule has 1 aromatic carbocycles. The normalized spacial score (nSPS) is 10.4. The van der Waals surface area contributed by atoms with Gasteiger partial charge < -0.3 is 4.74 Å². The van der Waals surface area contributed by atoms with Gasteiger partial charge in [0.05, 0.1) is 0 Å². The lowest BCUT2D eigenvalue weighted by molar-refractivity contribution is 0.426. The van der Waals surface area contributed by atoms with Crippen LogP contribution in [-0.4, -0.2) is 4.98 Å². The van der Waals surface area contributed by atoms with Crippen molar-refractivity contribution in [2.75, 3.05) is 0 Å².